The number of alkyl carbamates (subject to hydrolysis) is 1. The fourth-order valence-corrected chi connectivity index (χ4v) is 3.80. The Morgan fingerprint density at radius 3 is 3.04 bits per heavy atom. The zero-order valence-corrected chi connectivity index (χ0v) is 16.0. The quantitative estimate of drug-likeness (QED) is 0.852. The summed E-state index contributed by atoms with van der Waals surface area (Å²) in [5, 5.41) is 10.1. The fourth-order valence-electron chi connectivity index (χ4n) is 3.80. The van der Waals surface area contributed by atoms with Gasteiger partial charge < -0.3 is 20.3 Å². The van der Waals surface area contributed by atoms with Gasteiger partial charge in [0.15, 0.2) is 0 Å². The molecule has 2 fully saturated rings. The Morgan fingerprint density at radius 1 is 1.36 bits per heavy atom. The lowest BCUT2D eigenvalue weighted by atomic mass is 9.95. The van der Waals surface area contributed by atoms with Crippen LogP contribution in [0.2, 0.25) is 0 Å². The van der Waals surface area contributed by atoms with Gasteiger partial charge in [-0.05, 0) is 37.5 Å². The highest BCUT2D eigenvalue weighted by molar-refractivity contribution is 5.74. The van der Waals surface area contributed by atoms with Crippen LogP contribution in [0.4, 0.5) is 9.59 Å². The molecule has 2 N–H and O–H groups in total. The van der Waals surface area contributed by atoms with Crippen LogP contribution in [0, 0.1) is 6.92 Å². The number of nitrogens with zero attached hydrogens (tertiary/aromatic N) is 3. The SMILES string of the molecule is Cc1cccc(-n2cc(CNC(=O)N3CCCC4(CC3)CNC(=O)O4)cn2)c1. The molecule has 2 saturated heterocycles. The number of carbonyl (C=O) groups excluding carboxylic acids is 2. The van der Waals surface area contributed by atoms with Crippen LogP contribution in [0.1, 0.15) is 30.4 Å². The Bertz CT molecular complexity index is 880. The Labute approximate surface area is 163 Å². The van der Waals surface area contributed by atoms with Crippen molar-refractivity contribution >= 4 is 12.1 Å². The van der Waals surface area contributed by atoms with E-state index in [2.05, 4.69) is 21.8 Å². The molecule has 4 rings (SSSR count). The summed E-state index contributed by atoms with van der Waals surface area (Å²) < 4.78 is 7.27. The summed E-state index contributed by atoms with van der Waals surface area (Å²) >= 11 is 0. The molecule has 28 heavy (non-hydrogen) atoms. The Hall–Kier alpha value is -3.03. The smallest absolute Gasteiger partial charge is 0.407 e. The molecular weight excluding hydrogens is 358 g/mol. The molecule has 1 spiro atoms. The van der Waals surface area contributed by atoms with E-state index in [0.29, 0.717) is 32.6 Å². The summed E-state index contributed by atoms with van der Waals surface area (Å²) in [5.74, 6) is 0. The van der Waals surface area contributed by atoms with Crippen LogP contribution >= 0.6 is 0 Å². The molecule has 0 radical (unpaired) electrons. The Morgan fingerprint density at radius 2 is 2.25 bits per heavy atom. The zero-order valence-electron chi connectivity index (χ0n) is 16.0. The Balaban J connectivity index is 1.32. The van der Waals surface area contributed by atoms with Crippen molar-refractivity contribution in [3.8, 4) is 5.69 Å². The lowest BCUT2D eigenvalue weighted by Crippen LogP contribution is -2.41. The number of amides is 3. The monoisotopic (exact) mass is 383 g/mol. The number of urea groups is 1. The molecule has 2 aliphatic rings. The standard InChI is InChI=1S/C20H25N5O3/c1-15-4-2-5-17(10-15)25-13-16(12-23-25)11-21-18(26)24-8-3-6-20(7-9-24)14-22-19(27)28-20/h2,4-5,10,12-13H,3,6-9,11,14H2,1H3,(H,21,26)(H,22,27). The first-order chi connectivity index (χ1) is 13.5. The minimum absolute atomic E-state index is 0.0994. The van der Waals surface area contributed by atoms with E-state index in [0.717, 1.165) is 24.1 Å². The van der Waals surface area contributed by atoms with Crippen molar-refractivity contribution in [2.75, 3.05) is 19.6 Å². The molecule has 0 bridgehead atoms. The predicted octanol–water partition coefficient (Wildman–Crippen LogP) is 2.35. The van der Waals surface area contributed by atoms with E-state index in [4.69, 9.17) is 4.74 Å². The second-order valence-electron chi connectivity index (χ2n) is 7.56. The number of nitrogens with one attached hydrogen (secondary N) is 2. The van der Waals surface area contributed by atoms with E-state index in [1.165, 1.54) is 5.56 Å². The highest BCUT2D eigenvalue weighted by atomic mass is 16.6. The maximum Gasteiger partial charge on any atom is 0.407 e. The lowest BCUT2D eigenvalue weighted by Gasteiger charge is -2.25. The van der Waals surface area contributed by atoms with E-state index in [-0.39, 0.29) is 12.1 Å². The second-order valence-corrected chi connectivity index (χ2v) is 7.56. The van der Waals surface area contributed by atoms with Crippen LogP contribution in [-0.2, 0) is 11.3 Å². The number of rotatable bonds is 3. The van der Waals surface area contributed by atoms with Crippen molar-refractivity contribution in [1.82, 2.24) is 25.3 Å². The first-order valence-electron chi connectivity index (χ1n) is 9.63. The first-order valence-corrected chi connectivity index (χ1v) is 9.63. The largest absolute Gasteiger partial charge is 0.441 e. The summed E-state index contributed by atoms with van der Waals surface area (Å²) in [7, 11) is 0. The minimum atomic E-state index is -0.457. The number of ether oxygens (including phenoxy) is 1. The molecule has 1 unspecified atom stereocenters. The van der Waals surface area contributed by atoms with Gasteiger partial charge in [-0.3, -0.25) is 0 Å². The number of benzene rings is 1. The van der Waals surface area contributed by atoms with Crippen molar-refractivity contribution in [2.24, 2.45) is 0 Å². The topological polar surface area (TPSA) is 88.5 Å². The van der Waals surface area contributed by atoms with Gasteiger partial charge in [-0.25, -0.2) is 14.3 Å². The molecule has 2 aromatic rings. The normalized spacial score (nSPS) is 21.9. The van der Waals surface area contributed by atoms with Gasteiger partial charge in [-0.2, -0.15) is 5.10 Å². The van der Waals surface area contributed by atoms with Crippen molar-refractivity contribution < 1.29 is 14.3 Å². The molecule has 1 aromatic heterocycles. The van der Waals surface area contributed by atoms with E-state index in [1.807, 2.05) is 36.0 Å². The second kappa shape index (κ2) is 7.53. The molecule has 3 heterocycles. The average Bonchev–Trinajstić information content (AvgIpc) is 3.23. The summed E-state index contributed by atoms with van der Waals surface area (Å²) in [6.45, 7) is 4.22. The van der Waals surface area contributed by atoms with E-state index in [9.17, 15) is 9.59 Å². The summed E-state index contributed by atoms with van der Waals surface area (Å²) in [6.07, 6.45) is 5.58. The molecular formula is C20H25N5O3. The van der Waals surface area contributed by atoms with Gasteiger partial charge >= 0.3 is 12.1 Å². The predicted molar refractivity (Wildman–Crippen MR) is 103 cm³/mol. The molecule has 8 nitrogen and oxygen atoms in total. The van der Waals surface area contributed by atoms with E-state index >= 15 is 0 Å². The third-order valence-electron chi connectivity index (χ3n) is 5.40. The molecule has 0 saturated carbocycles. The molecule has 148 valence electrons. The van der Waals surface area contributed by atoms with Crippen LogP contribution in [0.3, 0.4) is 0 Å². The van der Waals surface area contributed by atoms with E-state index < -0.39 is 5.60 Å². The van der Waals surface area contributed by atoms with Gasteiger partial charge in [0.25, 0.3) is 0 Å². The van der Waals surface area contributed by atoms with Crippen LogP contribution in [0.25, 0.3) is 5.69 Å². The van der Waals surface area contributed by atoms with Gasteiger partial charge in [-0.15, -0.1) is 0 Å². The van der Waals surface area contributed by atoms with Gasteiger partial charge in [0.2, 0.25) is 0 Å². The van der Waals surface area contributed by atoms with Crippen molar-refractivity contribution in [3.63, 3.8) is 0 Å². The van der Waals surface area contributed by atoms with Gasteiger partial charge in [0.1, 0.15) is 5.60 Å². The third kappa shape index (κ3) is 3.95. The summed E-state index contributed by atoms with van der Waals surface area (Å²) in [4.78, 5) is 25.8. The van der Waals surface area contributed by atoms with E-state index in [1.54, 1.807) is 11.1 Å². The zero-order chi connectivity index (χ0) is 19.6. The van der Waals surface area contributed by atoms with Crippen LogP contribution in [0.5, 0.6) is 0 Å². The number of aryl methyl sites for hydroxylation is 1. The number of carbonyl (C=O) groups is 2. The maximum atomic E-state index is 12.6. The fraction of sp³-hybridized carbons (Fsp3) is 0.450. The number of hydrogen-bond donors (Lipinski definition) is 2. The maximum absolute atomic E-state index is 12.6. The first kappa shape index (κ1) is 18.3. The van der Waals surface area contributed by atoms with Crippen LogP contribution in [-0.4, -0.2) is 52.0 Å². The summed E-state index contributed by atoms with van der Waals surface area (Å²) in [6, 6.07) is 8.00. The minimum Gasteiger partial charge on any atom is -0.441 e. The van der Waals surface area contributed by atoms with Gasteiger partial charge in [0, 0.05) is 37.8 Å². The molecule has 0 aliphatic carbocycles. The number of likely N-dealkylation sites (tertiary alicyclic amines) is 1. The molecule has 3 amide bonds. The third-order valence-corrected chi connectivity index (χ3v) is 5.40. The van der Waals surface area contributed by atoms with Gasteiger partial charge in [0.05, 0.1) is 18.4 Å². The average molecular weight is 383 g/mol. The summed E-state index contributed by atoms with van der Waals surface area (Å²) in [5.41, 5.74) is 2.65. The highest BCUT2D eigenvalue weighted by Crippen LogP contribution is 2.29. The highest BCUT2D eigenvalue weighted by Gasteiger charge is 2.41. The molecule has 2 aliphatic heterocycles. The molecule has 1 aromatic carbocycles. The van der Waals surface area contributed by atoms with Crippen molar-refractivity contribution in [3.05, 3.63) is 47.8 Å². The molecule has 1 atom stereocenters. The van der Waals surface area contributed by atoms with Crippen LogP contribution < -0.4 is 10.6 Å². The van der Waals surface area contributed by atoms with Crippen molar-refractivity contribution in [2.45, 2.75) is 38.3 Å². The van der Waals surface area contributed by atoms with Gasteiger partial charge in [-0.1, -0.05) is 12.1 Å². The Kier molecular flexibility index (Phi) is 4.93. The molecule has 8 heteroatoms. The lowest BCUT2D eigenvalue weighted by molar-refractivity contribution is 0.0453. The van der Waals surface area contributed by atoms with Crippen molar-refractivity contribution in [1.29, 1.82) is 0 Å². The van der Waals surface area contributed by atoms with Crippen LogP contribution in [0.15, 0.2) is 36.7 Å². The number of hydrogen-bond acceptors (Lipinski definition) is 4. The number of aromatic nitrogens is 2.